The number of halogens is 1. The van der Waals surface area contributed by atoms with E-state index in [0.717, 1.165) is 42.6 Å². The zero-order valence-electron chi connectivity index (χ0n) is 32.4. The number of Topliss-reactive ketones (excluding diaryl/α,β-unsaturated/α-hetero) is 2. The second-order valence-electron chi connectivity index (χ2n) is 15.7. The van der Waals surface area contributed by atoms with Crippen molar-refractivity contribution in [1.82, 2.24) is 15.1 Å². The molecule has 13 heteroatoms. The summed E-state index contributed by atoms with van der Waals surface area (Å²) in [5, 5.41) is 2.81. The van der Waals surface area contributed by atoms with Crippen LogP contribution in [0.2, 0.25) is 0 Å². The van der Waals surface area contributed by atoms with Gasteiger partial charge in [0.25, 0.3) is 0 Å². The third-order valence-corrected chi connectivity index (χ3v) is 14.6. The van der Waals surface area contributed by atoms with Crippen molar-refractivity contribution in [3.05, 3.63) is 71.5 Å². The Morgan fingerprint density at radius 3 is 2.02 bits per heavy atom. The molecule has 0 aliphatic carbocycles. The minimum absolute atomic E-state index is 0.0219. The van der Waals surface area contributed by atoms with Crippen molar-refractivity contribution in [2.24, 2.45) is 17.8 Å². The van der Waals surface area contributed by atoms with Crippen molar-refractivity contribution >= 4 is 58.8 Å². The lowest BCUT2D eigenvalue weighted by atomic mass is 9.82. The Balaban J connectivity index is 1.21. The molecule has 0 radical (unpaired) electrons. The summed E-state index contributed by atoms with van der Waals surface area (Å²) in [7, 11) is 1.32. The van der Waals surface area contributed by atoms with E-state index in [1.165, 1.54) is 19.2 Å². The zero-order chi connectivity index (χ0) is 39.8. The Bertz CT molecular complexity index is 1730. The number of carbonyl (C=O) groups excluding carboxylic acids is 6. The summed E-state index contributed by atoms with van der Waals surface area (Å²) in [5.41, 5.74) is 1.72. The number of ether oxygens (including phenoxy) is 1. The fraction of sp³-hybridized carbons (Fsp3) is 0.581. The molecular weight excluding hydrogens is 754 g/mol. The van der Waals surface area contributed by atoms with E-state index >= 15 is 0 Å². The number of hydrogen-bond acceptors (Lipinski definition) is 9. The smallest absolute Gasteiger partial charge is 0.328 e. The molecule has 4 fully saturated rings. The van der Waals surface area contributed by atoms with Gasteiger partial charge in [-0.2, -0.15) is 0 Å². The standard InChI is InChI=1S/C43H54FN3O7S2/c1-27(48)35-10-6-12-38-46(35)41(51)32(20-22-55-38)26-37(49)30(24-28-8-4-3-5-9-28)16-17-31(25-29-14-18-33(44)19-15-29)40(50)45-34-21-23-56-39-13-7-11-36(43(53)54-2)47(39)42(34)52/h3-5,8-9,14-15,18-19,30-32,34-36,38-39H,6-7,10-13,16-17,20-26H2,1-2H3,(H,45,50)/t30-,31-,32-,34?,35+,36+,38+,39+/m1/s1. The maximum absolute atomic E-state index is 14.4. The van der Waals surface area contributed by atoms with Gasteiger partial charge in [0.15, 0.2) is 5.78 Å². The minimum Gasteiger partial charge on any atom is -0.467 e. The van der Waals surface area contributed by atoms with Gasteiger partial charge in [0.2, 0.25) is 17.7 Å². The average molecular weight is 808 g/mol. The maximum Gasteiger partial charge on any atom is 0.328 e. The highest BCUT2D eigenvalue weighted by molar-refractivity contribution is 8.00. The van der Waals surface area contributed by atoms with Gasteiger partial charge in [0.1, 0.15) is 23.7 Å². The Hall–Kier alpha value is -3.71. The molecule has 6 rings (SSSR count). The lowest BCUT2D eigenvalue weighted by Crippen LogP contribution is -2.57. The first-order chi connectivity index (χ1) is 27.0. The van der Waals surface area contributed by atoms with Crippen LogP contribution in [0, 0.1) is 23.6 Å². The molecule has 4 aliphatic heterocycles. The van der Waals surface area contributed by atoms with E-state index in [0.29, 0.717) is 50.7 Å². The van der Waals surface area contributed by atoms with Crippen LogP contribution in [0.1, 0.15) is 88.7 Å². The van der Waals surface area contributed by atoms with Crippen LogP contribution in [0.5, 0.6) is 0 Å². The van der Waals surface area contributed by atoms with Gasteiger partial charge in [-0.25, -0.2) is 9.18 Å². The predicted molar refractivity (Wildman–Crippen MR) is 215 cm³/mol. The summed E-state index contributed by atoms with van der Waals surface area (Å²) in [5.74, 6) is -1.97. The van der Waals surface area contributed by atoms with Crippen LogP contribution in [-0.2, 0) is 46.3 Å². The van der Waals surface area contributed by atoms with Crippen molar-refractivity contribution in [3.63, 3.8) is 0 Å². The zero-order valence-corrected chi connectivity index (χ0v) is 34.0. The Kier molecular flexibility index (Phi) is 14.7. The van der Waals surface area contributed by atoms with E-state index in [-0.39, 0.29) is 52.9 Å². The summed E-state index contributed by atoms with van der Waals surface area (Å²) in [6, 6.07) is 13.7. The van der Waals surface area contributed by atoms with Crippen LogP contribution < -0.4 is 5.32 Å². The highest BCUT2D eigenvalue weighted by Crippen LogP contribution is 2.38. The first-order valence-electron chi connectivity index (χ1n) is 20.1. The maximum atomic E-state index is 14.4. The van der Waals surface area contributed by atoms with Crippen LogP contribution >= 0.6 is 23.5 Å². The number of nitrogens with zero attached hydrogens (tertiary/aromatic N) is 2. The highest BCUT2D eigenvalue weighted by Gasteiger charge is 2.45. The Morgan fingerprint density at radius 2 is 1.36 bits per heavy atom. The number of piperidine rings is 2. The number of methoxy groups -OCH3 is 1. The van der Waals surface area contributed by atoms with Gasteiger partial charge in [-0.1, -0.05) is 42.5 Å². The highest BCUT2D eigenvalue weighted by atomic mass is 32.2. The number of nitrogens with one attached hydrogen (secondary N) is 1. The van der Waals surface area contributed by atoms with Crippen molar-refractivity contribution in [3.8, 4) is 0 Å². The summed E-state index contributed by atoms with van der Waals surface area (Å²) in [6.45, 7) is 1.54. The molecule has 0 saturated carbocycles. The molecule has 2 aromatic carbocycles. The molecule has 8 atom stereocenters. The van der Waals surface area contributed by atoms with E-state index < -0.39 is 47.7 Å². The van der Waals surface area contributed by atoms with E-state index in [9.17, 15) is 33.2 Å². The van der Waals surface area contributed by atoms with Crippen LogP contribution in [0.25, 0.3) is 0 Å². The quantitative estimate of drug-likeness (QED) is 0.224. The number of rotatable bonds is 14. The Labute approximate surface area is 337 Å². The molecule has 1 N–H and O–H groups in total. The number of ketones is 2. The molecule has 0 aromatic heterocycles. The lowest BCUT2D eigenvalue weighted by molar-refractivity contribution is -0.156. The van der Waals surface area contributed by atoms with Crippen LogP contribution in [0.4, 0.5) is 4.39 Å². The third kappa shape index (κ3) is 10.2. The molecule has 0 bridgehead atoms. The summed E-state index contributed by atoms with van der Waals surface area (Å²) in [6.07, 6.45) is 6.84. The number of thioether (sulfide) groups is 2. The number of carbonyl (C=O) groups is 6. The number of hydrogen-bond donors (Lipinski definition) is 1. The molecule has 1 unspecified atom stereocenters. The van der Waals surface area contributed by atoms with Gasteiger partial charge in [-0.15, -0.1) is 23.5 Å². The van der Waals surface area contributed by atoms with Gasteiger partial charge in [0.05, 0.1) is 23.9 Å². The fourth-order valence-corrected chi connectivity index (χ4v) is 11.7. The molecule has 56 heavy (non-hydrogen) atoms. The largest absolute Gasteiger partial charge is 0.467 e. The molecule has 0 spiro atoms. The van der Waals surface area contributed by atoms with E-state index in [2.05, 4.69) is 5.32 Å². The minimum atomic E-state index is -0.834. The van der Waals surface area contributed by atoms with Gasteiger partial charge in [-0.05, 0) is 119 Å². The molecule has 3 amide bonds. The first-order valence-corrected chi connectivity index (χ1v) is 22.2. The monoisotopic (exact) mass is 807 g/mol. The van der Waals surface area contributed by atoms with Gasteiger partial charge < -0.3 is 19.9 Å². The fourth-order valence-electron chi connectivity index (χ4n) is 8.85. The van der Waals surface area contributed by atoms with E-state index in [4.69, 9.17) is 4.74 Å². The normalized spacial score (nSPS) is 26.5. The van der Waals surface area contributed by atoms with Gasteiger partial charge >= 0.3 is 5.97 Å². The third-order valence-electron chi connectivity index (χ3n) is 11.9. The summed E-state index contributed by atoms with van der Waals surface area (Å²) < 4.78 is 19.0. The van der Waals surface area contributed by atoms with Crippen molar-refractivity contribution < 1.29 is 37.9 Å². The van der Waals surface area contributed by atoms with E-state index in [1.807, 2.05) is 30.3 Å². The number of fused-ring (bicyclic) bond motifs is 2. The predicted octanol–water partition coefficient (Wildman–Crippen LogP) is 6.13. The summed E-state index contributed by atoms with van der Waals surface area (Å²) >= 11 is 3.32. The average Bonchev–Trinajstić information content (AvgIpc) is 3.46. The van der Waals surface area contributed by atoms with Crippen LogP contribution in [-0.4, -0.2) is 92.5 Å². The van der Waals surface area contributed by atoms with Crippen molar-refractivity contribution in [2.45, 2.75) is 119 Å². The van der Waals surface area contributed by atoms with Crippen LogP contribution in [0.15, 0.2) is 54.6 Å². The topological polar surface area (TPSA) is 130 Å². The first kappa shape index (κ1) is 41.9. The van der Waals surface area contributed by atoms with E-state index in [1.54, 1.807) is 52.4 Å². The van der Waals surface area contributed by atoms with Crippen molar-refractivity contribution in [2.75, 3.05) is 18.6 Å². The second kappa shape index (κ2) is 19.6. The molecule has 302 valence electrons. The molecular formula is C43H54FN3O7S2. The van der Waals surface area contributed by atoms with Crippen LogP contribution in [0.3, 0.4) is 0 Å². The number of esters is 1. The molecule has 10 nitrogen and oxygen atoms in total. The number of amides is 3. The lowest BCUT2D eigenvalue weighted by Gasteiger charge is -2.40. The Morgan fingerprint density at radius 1 is 0.768 bits per heavy atom. The second-order valence-corrected chi connectivity index (χ2v) is 18.2. The molecule has 4 aliphatic rings. The van der Waals surface area contributed by atoms with Gasteiger partial charge in [-0.3, -0.25) is 24.0 Å². The van der Waals surface area contributed by atoms with Crippen molar-refractivity contribution in [1.29, 1.82) is 0 Å². The van der Waals surface area contributed by atoms with Gasteiger partial charge in [0, 0.05) is 24.2 Å². The SMILES string of the molecule is COC(=O)[C@@H]1CCC[C@@H]2SCCC(NC(=O)[C@H](CC[C@H](Cc3ccccc3)C(=O)C[C@H]3CCS[C@H]4CCC[C@@H](C(C)=O)N4C3=O)Cc3ccc(F)cc3)C(=O)N21. The molecule has 2 aromatic rings. The summed E-state index contributed by atoms with van der Waals surface area (Å²) in [4.78, 5) is 85.6. The molecule has 4 heterocycles. The molecule has 4 saturated heterocycles. The number of benzene rings is 2.